The second-order valence-corrected chi connectivity index (χ2v) is 18.9. The number of phenols is 1. The van der Waals surface area contributed by atoms with Crippen LogP contribution in [0.3, 0.4) is 0 Å². The van der Waals surface area contributed by atoms with Crippen molar-refractivity contribution < 1.29 is 45.6 Å². The summed E-state index contributed by atoms with van der Waals surface area (Å²) < 4.78 is 79.4. The van der Waals surface area contributed by atoms with Gasteiger partial charge in [0.15, 0.2) is 0 Å². The van der Waals surface area contributed by atoms with E-state index >= 15 is 0 Å². The van der Waals surface area contributed by atoms with E-state index in [0.717, 1.165) is 38.5 Å². The molecule has 0 bridgehead atoms. The fourth-order valence-corrected chi connectivity index (χ4v) is 8.83. The van der Waals surface area contributed by atoms with Gasteiger partial charge in [-0.3, -0.25) is 4.55 Å². The summed E-state index contributed by atoms with van der Waals surface area (Å²) in [6.07, 6.45) is 27.8. The van der Waals surface area contributed by atoms with Crippen LogP contribution in [0.25, 0.3) is 0 Å². The van der Waals surface area contributed by atoms with Gasteiger partial charge in [0.05, 0.1) is 9.79 Å². The van der Waals surface area contributed by atoms with E-state index in [-0.39, 0.29) is 59.0 Å². The SMILES string of the molecule is CCCCCCCCCCCCCc1cc(Oc2ccc(O)cc2)ccc1S(=O)(=O)O.CCCCCCCCCCCCCc1cc(Oc2ccc([O-])cc2)ccc1S(=O)(=O)[O-].[Ca+2]. The maximum Gasteiger partial charge on any atom is 2.00 e. The van der Waals surface area contributed by atoms with Crippen molar-refractivity contribution >= 4 is 58.0 Å². The number of hydrogen-bond acceptors (Lipinski definition) is 9. The molecule has 0 fully saturated rings. The molecule has 0 heterocycles. The Bertz CT molecular complexity index is 1910. The zero-order chi connectivity index (χ0) is 45.1. The van der Waals surface area contributed by atoms with E-state index in [1.165, 1.54) is 151 Å². The van der Waals surface area contributed by atoms with Crippen molar-refractivity contribution in [3.63, 3.8) is 0 Å². The van der Waals surface area contributed by atoms with Crippen molar-refractivity contribution in [2.75, 3.05) is 0 Å². The van der Waals surface area contributed by atoms with Crippen molar-refractivity contribution in [3.8, 4) is 34.5 Å². The minimum Gasteiger partial charge on any atom is -0.872 e. The van der Waals surface area contributed by atoms with Gasteiger partial charge in [-0.15, -0.1) is 5.75 Å². The Balaban J connectivity index is 0.000000427. The molecule has 0 radical (unpaired) electrons. The predicted molar refractivity (Wildman–Crippen MR) is 251 cm³/mol. The number of ether oxygens (including phenoxy) is 2. The summed E-state index contributed by atoms with van der Waals surface area (Å²) in [5, 5.41) is 20.6. The van der Waals surface area contributed by atoms with E-state index in [0.29, 0.717) is 47.0 Å². The topological polar surface area (TPSA) is 173 Å². The molecule has 2 N–H and O–H groups in total. The second kappa shape index (κ2) is 31.9. The van der Waals surface area contributed by atoms with Gasteiger partial charge in [-0.05, 0) is 110 Å². The van der Waals surface area contributed by atoms with E-state index in [1.54, 1.807) is 36.4 Å². The van der Waals surface area contributed by atoms with Crippen LogP contribution >= 0.6 is 0 Å². The molecule has 0 aromatic heterocycles. The van der Waals surface area contributed by atoms with Crippen LogP contribution < -0.4 is 14.6 Å². The van der Waals surface area contributed by atoms with Gasteiger partial charge in [-0.25, -0.2) is 8.42 Å². The Hall–Kier alpha value is -2.84. The average molecular weight is 935 g/mol. The van der Waals surface area contributed by atoms with Crippen molar-refractivity contribution in [2.45, 2.75) is 178 Å². The van der Waals surface area contributed by atoms with Gasteiger partial charge in [-0.1, -0.05) is 154 Å². The zero-order valence-electron chi connectivity index (χ0n) is 37.7. The minimum absolute atomic E-state index is 0. The van der Waals surface area contributed by atoms with Gasteiger partial charge in [0.1, 0.15) is 38.9 Å². The molecule has 0 aliphatic rings. The Kier molecular flexibility index (Phi) is 28.5. The summed E-state index contributed by atoms with van der Waals surface area (Å²) in [6, 6.07) is 21.2. The molecule has 344 valence electrons. The molecule has 0 spiro atoms. The molecule has 4 rings (SSSR count). The first-order valence-electron chi connectivity index (χ1n) is 22.9. The Morgan fingerprint density at radius 3 is 1.14 bits per heavy atom. The molecule has 4 aromatic carbocycles. The second-order valence-electron chi connectivity index (χ2n) is 16.2. The fourth-order valence-electron chi connectivity index (χ4n) is 7.38. The number of unbranched alkanes of at least 4 members (excludes halogenated alkanes) is 20. The Morgan fingerprint density at radius 1 is 0.460 bits per heavy atom. The smallest absolute Gasteiger partial charge is 0.872 e. The van der Waals surface area contributed by atoms with Crippen molar-refractivity contribution in [1.29, 1.82) is 0 Å². The normalized spacial score (nSPS) is 11.4. The van der Waals surface area contributed by atoms with Crippen LogP contribution in [0.2, 0.25) is 0 Å². The number of hydrogen-bond donors (Lipinski definition) is 2. The van der Waals surface area contributed by atoms with Gasteiger partial charge in [0.25, 0.3) is 10.1 Å². The summed E-state index contributed by atoms with van der Waals surface area (Å²) in [7, 11) is -8.82. The molecule has 0 atom stereocenters. The predicted octanol–water partition coefficient (Wildman–Crippen LogP) is 13.2. The number of aromatic hydroxyl groups is 1. The molecule has 13 heteroatoms. The average Bonchev–Trinajstić information content (AvgIpc) is 3.23. The summed E-state index contributed by atoms with van der Waals surface area (Å²) in [6.45, 7) is 4.46. The number of aryl methyl sites for hydroxylation is 2. The van der Waals surface area contributed by atoms with Gasteiger partial charge in [0.2, 0.25) is 0 Å². The number of benzene rings is 4. The molecule has 0 unspecified atom stereocenters. The summed E-state index contributed by atoms with van der Waals surface area (Å²) >= 11 is 0. The standard InChI is InChI=1S/2C25H36O5S.Ca/c2*1-2-3-4-5-6-7-8-9-10-11-12-13-21-20-24(18-19-25(21)31(27,28)29)30-23-16-14-22(26)15-17-23;/h2*14-20,26H,2-13H2,1H3,(H,27,28,29);/q;;+2/p-2. The van der Waals surface area contributed by atoms with Gasteiger partial charge in [0, 0.05) is 0 Å². The first-order chi connectivity index (χ1) is 29.8. The zero-order valence-corrected chi connectivity index (χ0v) is 41.6. The summed E-state index contributed by atoms with van der Waals surface area (Å²) in [5.41, 5.74) is 1.05. The van der Waals surface area contributed by atoms with E-state index < -0.39 is 20.2 Å². The molecular formula is C50H70CaO10S2. The molecular weight excluding hydrogens is 865 g/mol. The van der Waals surface area contributed by atoms with Crippen LogP contribution in [0.15, 0.2) is 94.7 Å². The maximum atomic E-state index is 11.7. The largest absolute Gasteiger partial charge is 2.00 e. The number of rotatable bonds is 30. The first kappa shape index (κ1) is 56.3. The van der Waals surface area contributed by atoms with E-state index in [4.69, 9.17) is 9.47 Å². The van der Waals surface area contributed by atoms with Crippen molar-refractivity contribution in [1.82, 2.24) is 0 Å². The molecule has 0 aliphatic heterocycles. The molecule has 0 aliphatic carbocycles. The van der Waals surface area contributed by atoms with Crippen LogP contribution in [-0.4, -0.2) is 68.8 Å². The van der Waals surface area contributed by atoms with Gasteiger partial charge >= 0.3 is 37.7 Å². The maximum absolute atomic E-state index is 11.7. The number of phenolic OH excluding ortho intramolecular Hbond substituents is 1. The molecule has 0 saturated carbocycles. The van der Waals surface area contributed by atoms with E-state index in [9.17, 15) is 36.2 Å². The third kappa shape index (κ3) is 24.3. The van der Waals surface area contributed by atoms with Gasteiger partial charge in [-0.2, -0.15) is 8.42 Å². The Morgan fingerprint density at radius 2 is 0.778 bits per heavy atom. The molecule has 10 nitrogen and oxygen atoms in total. The monoisotopic (exact) mass is 934 g/mol. The van der Waals surface area contributed by atoms with Crippen LogP contribution in [0.4, 0.5) is 0 Å². The summed E-state index contributed by atoms with van der Waals surface area (Å²) in [5.74, 6) is 2.00. The molecule has 63 heavy (non-hydrogen) atoms. The fraction of sp³-hybridized carbons (Fsp3) is 0.520. The molecule has 4 aromatic rings. The first-order valence-corrected chi connectivity index (χ1v) is 25.8. The minimum atomic E-state index is -4.54. The van der Waals surface area contributed by atoms with Crippen molar-refractivity contribution in [3.05, 3.63) is 96.1 Å². The summed E-state index contributed by atoms with van der Waals surface area (Å²) in [4.78, 5) is -0.237. The van der Waals surface area contributed by atoms with Crippen LogP contribution in [-0.2, 0) is 33.1 Å². The van der Waals surface area contributed by atoms with E-state index in [2.05, 4.69) is 13.8 Å². The Labute approximate surface area is 408 Å². The van der Waals surface area contributed by atoms with E-state index in [1.807, 2.05) is 0 Å². The van der Waals surface area contributed by atoms with Crippen molar-refractivity contribution in [2.24, 2.45) is 0 Å². The van der Waals surface area contributed by atoms with Crippen LogP contribution in [0.5, 0.6) is 34.5 Å². The third-order valence-corrected chi connectivity index (χ3v) is 12.7. The molecule has 0 saturated heterocycles. The third-order valence-electron chi connectivity index (χ3n) is 10.8. The van der Waals surface area contributed by atoms with Gasteiger partial charge < -0.3 is 24.2 Å². The molecule has 0 amide bonds. The van der Waals surface area contributed by atoms with Crippen LogP contribution in [0.1, 0.15) is 166 Å². The quantitative estimate of drug-likeness (QED) is 0.0291. The van der Waals surface area contributed by atoms with Crippen LogP contribution in [0, 0.1) is 0 Å².